The van der Waals surface area contributed by atoms with Gasteiger partial charge in [0.25, 0.3) is 0 Å². The molecular formula is C10H18OS2. The summed E-state index contributed by atoms with van der Waals surface area (Å²) in [4.78, 5) is 0. The van der Waals surface area contributed by atoms with E-state index < -0.39 is 0 Å². The molecule has 1 nitrogen and oxygen atoms in total. The van der Waals surface area contributed by atoms with Crippen LogP contribution in [0.15, 0.2) is 11.8 Å². The predicted octanol–water partition coefficient (Wildman–Crippen LogP) is 4.09. The molecule has 0 rings (SSSR count). The van der Waals surface area contributed by atoms with E-state index in [1.165, 1.54) is 12.8 Å². The van der Waals surface area contributed by atoms with Gasteiger partial charge in [0.05, 0.1) is 9.96 Å². The molecule has 0 unspecified atom stereocenters. The first-order chi connectivity index (χ1) is 6.20. The van der Waals surface area contributed by atoms with Gasteiger partial charge in [-0.3, -0.25) is 0 Å². The average molecular weight is 218 g/mol. The monoisotopic (exact) mass is 218 g/mol. The van der Waals surface area contributed by atoms with Crippen LogP contribution in [0, 0.1) is 0 Å². The molecule has 0 aromatic carbocycles. The predicted molar refractivity (Wildman–Crippen MR) is 65.6 cm³/mol. The second-order valence-corrected chi connectivity index (χ2v) is 4.85. The summed E-state index contributed by atoms with van der Waals surface area (Å²) in [5.74, 6) is 1.40. The van der Waals surface area contributed by atoms with E-state index >= 15 is 0 Å². The zero-order valence-corrected chi connectivity index (χ0v) is 10.0. The summed E-state index contributed by atoms with van der Waals surface area (Å²) in [7, 11) is 0. The fourth-order valence-electron chi connectivity index (χ4n) is 0.948. The fraction of sp³-hybridized carbons (Fsp3) is 0.700. The highest BCUT2D eigenvalue weighted by Gasteiger charge is 1.96. The smallest absolute Gasteiger partial charge is 0.0942 e. The standard InChI is InChI=1S/C10H18OS2/c1-3-5-6-7-9(11)8-10(12)13-4-2/h8,11H,3-7H2,1-2H3/b9-8-. The van der Waals surface area contributed by atoms with Crippen LogP contribution < -0.4 is 0 Å². The Labute approximate surface area is 90.6 Å². The van der Waals surface area contributed by atoms with Crippen molar-refractivity contribution in [3.63, 3.8) is 0 Å². The number of hydrogen-bond acceptors (Lipinski definition) is 3. The van der Waals surface area contributed by atoms with Crippen molar-refractivity contribution in [2.45, 2.75) is 39.5 Å². The molecule has 0 aliphatic heterocycles. The molecule has 0 heterocycles. The molecule has 0 saturated carbocycles. The van der Waals surface area contributed by atoms with Crippen molar-refractivity contribution in [2.75, 3.05) is 5.75 Å². The maximum Gasteiger partial charge on any atom is 0.0942 e. The number of thiocarbonyl (C=S) groups is 1. The van der Waals surface area contributed by atoms with Crippen molar-refractivity contribution in [1.29, 1.82) is 0 Å². The summed E-state index contributed by atoms with van der Waals surface area (Å²) >= 11 is 6.63. The van der Waals surface area contributed by atoms with Crippen LogP contribution in [-0.2, 0) is 0 Å². The molecular weight excluding hydrogens is 200 g/mol. The van der Waals surface area contributed by atoms with Crippen LogP contribution in [0.25, 0.3) is 0 Å². The van der Waals surface area contributed by atoms with Gasteiger partial charge in [-0.25, -0.2) is 0 Å². The van der Waals surface area contributed by atoms with Crippen molar-refractivity contribution < 1.29 is 5.11 Å². The molecule has 76 valence electrons. The maximum atomic E-state index is 9.43. The Morgan fingerprint density at radius 2 is 2.08 bits per heavy atom. The highest BCUT2D eigenvalue weighted by molar-refractivity contribution is 8.23. The summed E-state index contributed by atoms with van der Waals surface area (Å²) in [6, 6.07) is 0. The summed E-state index contributed by atoms with van der Waals surface area (Å²) in [6.45, 7) is 4.21. The topological polar surface area (TPSA) is 20.2 Å². The number of thioether (sulfide) groups is 1. The Morgan fingerprint density at radius 3 is 2.62 bits per heavy atom. The van der Waals surface area contributed by atoms with E-state index in [-0.39, 0.29) is 0 Å². The van der Waals surface area contributed by atoms with E-state index in [4.69, 9.17) is 12.2 Å². The second-order valence-electron chi connectivity index (χ2n) is 2.84. The van der Waals surface area contributed by atoms with E-state index in [1.54, 1.807) is 17.8 Å². The van der Waals surface area contributed by atoms with Gasteiger partial charge in [0, 0.05) is 12.5 Å². The lowest BCUT2D eigenvalue weighted by Gasteiger charge is -1.99. The molecule has 0 fully saturated rings. The third-order valence-electron chi connectivity index (χ3n) is 1.61. The molecule has 0 aliphatic carbocycles. The van der Waals surface area contributed by atoms with Crippen molar-refractivity contribution in [2.24, 2.45) is 0 Å². The normalized spacial score (nSPS) is 11.7. The van der Waals surface area contributed by atoms with Crippen LogP contribution in [0.1, 0.15) is 39.5 Å². The Balaban J connectivity index is 3.67. The molecule has 0 radical (unpaired) electrons. The summed E-state index contributed by atoms with van der Waals surface area (Å²) < 4.78 is 0.788. The van der Waals surface area contributed by atoms with Crippen LogP contribution in [-0.4, -0.2) is 15.1 Å². The first-order valence-corrected chi connectivity index (χ1v) is 6.16. The van der Waals surface area contributed by atoms with E-state index in [0.29, 0.717) is 5.76 Å². The van der Waals surface area contributed by atoms with Gasteiger partial charge < -0.3 is 5.11 Å². The third kappa shape index (κ3) is 8.31. The number of aliphatic hydroxyl groups is 1. The lowest BCUT2D eigenvalue weighted by Crippen LogP contribution is -1.88. The van der Waals surface area contributed by atoms with Crippen LogP contribution in [0.4, 0.5) is 0 Å². The van der Waals surface area contributed by atoms with Gasteiger partial charge in [-0.2, -0.15) is 0 Å². The summed E-state index contributed by atoms with van der Waals surface area (Å²) in [5, 5.41) is 9.43. The van der Waals surface area contributed by atoms with Crippen LogP contribution in [0.2, 0.25) is 0 Å². The molecule has 0 aromatic rings. The number of hydrogen-bond donors (Lipinski definition) is 1. The Bertz CT molecular complexity index is 176. The van der Waals surface area contributed by atoms with Crippen molar-refractivity contribution in [1.82, 2.24) is 0 Å². The highest BCUT2D eigenvalue weighted by atomic mass is 32.2. The van der Waals surface area contributed by atoms with Gasteiger partial charge in [0.2, 0.25) is 0 Å². The van der Waals surface area contributed by atoms with E-state index in [1.807, 2.05) is 0 Å². The SMILES string of the molecule is CCCCC/C(O)=C/C(=S)SCC. The largest absolute Gasteiger partial charge is 0.512 e. The molecule has 0 amide bonds. The van der Waals surface area contributed by atoms with Crippen LogP contribution >= 0.6 is 24.0 Å². The Hall–Kier alpha value is -0.0200. The minimum absolute atomic E-state index is 0.430. The number of allylic oxidation sites excluding steroid dienone is 1. The van der Waals surface area contributed by atoms with Gasteiger partial charge in [-0.1, -0.05) is 38.9 Å². The summed E-state index contributed by atoms with van der Waals surface area (Å²) in [5.41, 5.74) is 0. The van der Waals surface area contributed by atoms with Gasteiger partial charge in [-0.15, -0.1) is 11.8 Å². The van der Waals surface area contributed by atoms with Gasteiger partial charge in [0.15, 0.2) is 0 Å². The lowest BCUT2D eigenvalue weighted by atomic mass is 10.2. The van der Waals surface area contributed by atoms with Crippen LogP contribution in [0.3, 0.4) is 0 Å². The number of aliphatic hydroxyl groups excluding tert-OH is 1. The fourth-order valence-corrected chi connectivity index (χ4v) is 1.94. The molecule has 0 bridgehead atoms. The quantitative estimate of drug-likeness (QED) is 0.314. The van der Waals surface area contributed by atoms with Crippen LogP contribution in [0.5, 0.6) is 0 Å². The highest BCUT2D eigenvalue weighted by Crippen LogP contribution is 2.10. The van der Waals surface area contributed by atoms with Crippen molar-refractivity contribution in [3.05, 3.63) is 11.8 Å². The molecule has 0 atom stereocenters. The number of rotatable bonds is 6. The molecule has 0 aromatic heterocycles. The van der Waals surface area contributed by atoms with Gasteiger partial charge in [0.1, 0.15) is 0 Å². The second kappa shape index (κ2) is 8.57. The van der Waals surface area contributed by atoms with E-state index in [0.717, 1.165) is 22.8 Å². The molecule has 1 N–H and O–H groups in total. The molecule has 3 heteroatoms. The van der Waals surface area contributed by atoms with E-state index in [9.17, 15) is 5.11 Å². The molecule has 0 aliphatic rings. The Morgan fingerprint density at radius 1 is 1.38 bits per heavy atom. The zero-order valence-electron chi connectivity index (χ0n) is 8.38. The molecule has 13 heavy (non-hydrogen) atoms. The first kappa shape index (κ1) is 13.0. The third-order valence-corrected chi connectivity index (χ3v) is 2.77. The molecule has 0 spiro atoms. The van der Waals surface area contributed by atoms with Crippen molar-refractivity contribution in [3.8, 4) is 0 Å². The number of unbranched alkanes of at least 4 members (excludes halogenated alkanes) is 2. The van der Waals surface area contributed by atoms with E-state index in [2.05, 4.69) is 13.8 Å². The molecule has 0 saturated heterocycles. The zero-order chi connectivity index (χ0) is 10.1. The minimum Gasteiger partial charge on any atom is -0.512 e. The van der Waals surface area contributed by atoms with Crippen molar-refractivity contribution >= 4 is 28.2 Å². The average Bonchev–Trinajstić information content (AvgIpc) is 2.05. The van der Waals surface area contributed by atoms with Gasteiger partial charge >= 0.3 is 0 Å². The first-order valence-electron chi connectivity index (χ1n) is 4.77. The Kier molecular flexibility index (Phi) is 8.56. The summed E-state index contributed by atoms with van der Waals surface area (Å²) in [6.07, 6.45) is 5.88. The lowest BCUT2D eigenvalue weighted by molar-refractivity contribution is 0.382. The van der Waals surface area contributed by atoms with Gasteiger partial charge in [-0.05, 0) is 12.2 Å². The minimum atomic E-state index is 0.430. The maximum absolute atomic E-state index is 9.43.